The molecule has 23 heavy (non-hydrogen) atoms. The van der Waals surface area contributed by atoms with Gasteiger partial charge >= 0.3 is 0 Å². The quantitative estimate of drug-likeness (QED) is 0.820. The number of piperazine rings is 1. The molecule has 1 fully saturated rings. The van der Waals surface area contributed by atoms with E-state index in [0.29, 0.717) is 0 Å². The van der Waals surface area contributed by atoms with Crippen molar-refractivity contribution in [2.75, 3.05) is 32.7 Å². The van der Waals surface area contributed by atoms with Gasteiger partial charge in [0.15, 0.2) is 5.82 Å². The molecule has 0 saturated carbocycles. The van der Waals surface area contributed by atoms with Crippen molar-refractivity contribution in [1.29, 1.82) is 0 Å². The van der Waals surface area contributed by atoms with E-state index in [9.17, 15) is 0 Å². The smallest absolute Gasteiger partial charge is 0.243 e. The van der Waals surface area contributed by atoms with Crippen molar-refractivity contribution in [3.8, 4) is 0 Å². The van der Waals surface area contributed by atoms with Crippen LogP contribution in [0.25, 0.3) is 0 Å². The van der Waals surface area contributed by atoms with Crippen LogP contribution in [0.2, 0.25) is 0 Å². The number of benzene rings is 1. The first kappa shape index (κ1) is 16.1. The second kappa shape index (κ2) is 7.70. The summed E-state index contributed by atoms with van der Waals surface area (Å²) in [5, 5.41) is 4.01. The Bertz CT molecular complexity index is 590. The van der Waals surface area contributed by atoms with Gasteiger partial charge in [0, 0.05) is 39.1 Å². The second-order valence-electron chi connectivity index (χ2n) is 6.19. The summed E-state index contributed by atoms with van der Waals surface area (Å²) < 4.78 is 5.39. The Morgan fingerprint density at radius 1 is 1.13 bits per heavy atom. The normalized spacial score (nSPS) is 18.2. The molecule has 1 aromatic heterocycles. The fourth-order valence-corrected chi connectivity index (χ4v) is 3.04. The summed E-state index contributed by atoms with van der Waals surface area (Å²) in [7, 11) is 0. The number of hydrogen-bond acceptors (Lipinski definition) is 5. The van der Waals surface area contributed by atoms with Crippen molar-refractivity contribution in [2.24, 2.45) is 0 Å². The topological polar surface area (TPSA) is 45.4 Å². The molecule has 1 aliphatic heterocycles. The van der Waals surface area contributed by atoms with E-state index in [1.165, 1.54) is 5.56 Å². The maximum Gasteiger partial charge on any atom is 0.243 e. The summed E-state index contributed by atoms with van der Waals surface area (Å²) in [5.41, 5.74) is 1.42. The third-order valence-corrected chi connectivity index (χ3v) is 4.67. The number of rotatable bonds is 6. The van der Waals surface area contributed by atoms with Crippen molar-refractivity contribution < 1.29 is 4.52 Å². The van der Waals surface area contributed by atoms with Gasteiger partial charge in [0.25, 0.3) is 0 Å². The van der Waals surface area contributed by atoms with Crippen LogP contribution in [-0.4, -0.2) is 52.7 Å². The van der Waals surface area contributed by atoms with Gasteiger partial charge in [-0.25, -0.2) is 0 Å². The van der Waals surface area contributed by atoms with Crippen LogP contribution in [0.15, 0.2) is 34.9 Å². The molecule has 0 radical (unpaired) electrons. The maximum atomic E-state index is 5.39. The van der Waals surface area contributed by atoms with E-state index in [1.54, 1.807) is 0 Å². The van der Waals surface area contributed by atoms with Gasteiger partial charge in [-0.15, -0.1) is 0 Å². The first-order valence-corrected chi connectivity index (χ1v) is 8.59. The summed E-state index contributed by atoms with van der Waals surface area (Å²) in [5.74, 6) is 1.55. The summed E-state index contributed by atoms with van der Waals surface area (Å²) in [6.07, 6.45) is 1.95. The summed E-state index contributed by atoms with van der Waals surface area (Å²) in [6.45, 7) is 9.65. The van der Waals surface area contributed by atoms with Crippen LogP contribution in [-0.2, 0) is 12.8 Å². The van der Waals surface area contributed by atoms with Crippen molar-refractivity contribution in [3.05, 3.63) is 47.6 Å². The Balaban J connectivity index is 1.46. The zero-order valence-corrected chi connectivity index (χ0v) is 14.1. The molecule has 0 N–H and O–H groups in total. The molecule has 0 spiro atoms. The Hall–Kier alpha value is -1.72. The molecule has 1 aliphatic rings. The Labute approximate surface area is 138 Å². The first-order valence-electron chi connectivity index (χ1n) is 8.59. The van der Waals surface area contributed by atoms with E-state index in [-0.39, 0.29) is 6.04 Å². The van der Waals surface area contributed by atoms with Crippen LogP contribution in [0.3, 0.4) is 0 Å². The van der Waals surface area contributed by atoms with E-state index >= 15 is 0 Å². The van der Waals surface area contributed by atoms with Crippen LogP contribution >= 0.6 is 0 Å². The van der Waals surface area contributed by atoms with Gasteiger partial charge < -0.3 is 9.42 Å². The van der Waals surface area contributed by atoms with E-state index < -0.39 is 0 Å². The van der Waals surface area contributed by atoms with Gasteiger partial charge in [0.1, 0.15) is 0 Å². The number of nitrogens with zero attached hydrogens (tertiary/aromatic N) is 4. The standard InChI is InChI=1S/C18H26N4O/c1-3-17-19-18(23-20-17)15(2)22-13-11-21(12-14-22)10-9-16-7-5-4-6-8-16/h4-8,15H,3,9-14H2,1-2H3. The molecular weight excluding hydrogens is 288 g/mol. The molecular formula is C18H26N4O. The van der Waals surface area contributed by atoms with E-state index in [2.05, 4.69) is 57.2 Å². The molecule has 1 unspecified atom stereocenters. The highest BCUT2D eigenvalue weighted by Gasteiger charge is 2.25. The number of aromatic nitrogens is 2. The van der Waals surface area contributed by atoms with Gasteiger partial charge in [-0.1, -0.05) is 42.4 Å². The average Bonchev–Trinajstić information content (AvgIpc) is 3.10. The first-order chi connectivity index (χ1) is 11.3. The highest BCUT2D eigenvalue weighted by Crippen LogP contribution is 2.20. The lowest BCUT2D eigenvalue weighted by Crippen LogP contribution is -2.47. The van der Waals surface area contributed by atoms with Gasteiger partial charge in [-0.3, -0.25) is 4.90 Å². The molecule has 1 saturated heterocycles. The lowest BCUT2D eigenvalue weighted by atomic mass is 10.1. The van der Waals surface area contributed by atoms with Crippen LogP contribution in [0.1, 0.15) is 37.2 Å². The van der Waals surface area contributed by atoms with Gasteiger partial charge in [-0.05, 0) is 18.9 Å². The Kier molecular flexibility index (Phi) is 5.41. The van der Waals surface area contributed by atoms with Crippen LogP contribution < -0.4 is 0 Å². The highest BCUT2D eigenvalue weighted by atomic mass is 16.5. The third-order valence-electron chi connectivity index (χ3n) is 4.67. The molecule has 2 aromatic rings. The SMILES string of the molecule is CCc1noc(C(C)N2CCN(CCc3ccccc3)CC2)n1. The third kappa shape index (κ3) is 4.18. The van der Waals surface area contributed by atoms with Gasteiger partial charge in [0.2, 0.25) is 5.89 Å². The Morgan fingerprint density at radius 3 is 2.52 bits per heavy atom. The van der Waals surface area contributed by atoms with Crippen LogP contribution in [0.5, 0.6) is 0 Å². The van der Waals surface area contributed by atoms with E-state index in [4.69, 9.17) is 4.52 Å². The van der Waals surface area contributed by atoms with Crippen LogP contribution in [0.4, 0.5) is 0 Å². The molecule has 2 heterocycles. The van der Waals surface area contributed by atoms with Crippen molar-refractivity contribution in [2.45, 2.75) is 32.7 Å². The van der Waals surface area contributed by atoms with Crippen LogP contribution in [0, 0.1) is 0 Å². The minimum absolute atomic E-state index is 0.207. The molecule has 0 bridgehead atoms. The number of aryl methyl sites for hydroxylation is 1. The summed E-state index contributed by atoms with van der Waals surface area (Å²) in [4.78, 5) is 9.45. The molecule has 5 heteroatoms. The van der Waals surface area contributed by atoms with Crippen molar-refractivity contribution in [3.63, 3.8) is 0 Å². The maximum absolute atomic E-state index is 5.39. The minimum atomic E-state index is 0.207. The second-order valence-corrected chi connectivity index (χ2v) is 6.19. The fraction of sp³-hybridized carbons (Fsp3) is 0.556. The molecule has 3 rings (SSSR count). The van der Waals surface area contributed by atoms with Gasteiger partial charge in [0.05, 0.1) is 6.04 Å². The monoisotopic (exact) mass is 314 g/mol. The lowest BCUT2D eigenvalue weighted by Gasteiger charge is -2.36. The highest BCUT2D eigenvalue weighted by molar-refractivity contribution is 5.14. The molecule has 5 nitrogen and oxygen atoms in total. The molecule has 1 atom stereocenters. The summed E-state index contributed by atoms with van der Waals surface area (Å²) in [6, 6.07) is 10.9. The zero-order valence-electron chi connectivity index (χ0n) is 14.1. The molecule has 0 amide bonds. The lowest BCUT2D eigenvalue weighted by molar-refractivity contribution is 0.0890. The largest absolute Gasteiger partial charge is 0.338 e. The van der Waals surface area contributed by atoms with Crippen molar-refractivity contribution in [1.82, 2.24) is 19.9 Å². The predicted molar refractivity (Wildman–Crippen MR) is 90.3 cm³/mol. The zero-order chi connectivity index (χ0) is 16.1. The van der Waals surface area contributed by atoms with E-state index in [0.717, 1.165) is 57.3 Å². The fourth-order valence-electron chi connectivity index (χ4n) is 3.04. The molecule has 124 valence electrons. The Morgan fingerprint density at radius 2 is 1.87 bits per heavy atom. The molecule has 0 aliphatic carbocycles. The van der Waals surface area contributed by atoms with Crippen molar-refractivity contribution >= 4 is 0 Å². The molecule has 1 aromatic carbocycles. The van der Waals surface area contributed by atoms with Gasteiger partial charge in [-0.2, -0.15) is 4.98 Å². The average molecular weight is 314 g/mol. The number of hydrogen-bond donors (Lipinski definition) is 0. The summed E-state index contributed by atoms with van der Waals surface area (Å²) >= 11 is 0. The predicted octanol–water partition coefficient (Wildman–Crippen LogP) is 2.55. The minimum Gasteiger partial charge on any atom is -0.338 e. The van der Waals surface area contributed by atoms with E-state index in [1.807, 2.05) is 6.92 Å².